The van der Waals surface area contributed by atoms with Crippen LogP contribution in [0.3, 0.4) is 0 Å². The lowest BCUT2D eigenvalue weighted by Gasteiger charge is -2.19. The van der Waals surface area contributed by atoms with Crippen LogP contribution in [0.1, 0.15) is 34.9 Å². The Hall–Kier alpha value is -2.63. The number of benzene rings is 2. The van der Waals surface area contributed by atoms with Crippen molar-refractivity contribution in [2.24, 2.45) is 0 Å². The maximum absolute atomic E-state index is 12.7. The van der Waals surface area contributed by atoms with Gasteiger partial charge in [0.15, 0.2) is 0 Å². The van der Waals surface area contributed by atoms with Crippen molar-refractivity contribution in [3.63, 3.8) is 0 Å². The highest BCUT2D eigenvalue weighted by Crippen LogP contribution is 2.32. The molecule has 0 saturated carbocycles. The topological polar surface area (TPSA) is 59.0 Å². The summed E-state index contributed by atoms with van der Waals surface area (Å²) in [6.07, 6.45) is 0.336. The normalized spacial score (nSPS) is 14.3. The van der Waals surface area contributed by atoms with Gasteiger partial charge in [0.05, 0.1) is 24.5 Å². The van der Waals surface area contributed by atoms with E-state index in [1.165, 1.54) is 0 Å². The molecule has 28 heavy (non-hydrogen) atoms. The average molecular weight is 395 g/mol. The minimum absolute atomic E-state index is 0.0159. The second kappa shape index (κ2) is 8.59. The molecule has 4 rings (SSSR count). The molecule has 6 heteroatoms. The Morgan fingerprint density at radius 2 is 1.96 bits per heavy atom. The fourth-order valence-electron chi connectivity index (χ4n) is 3.64. The Bertz CT molecular complexity index is 931. The first-order chi connectivity index (χ1) is 13.7. The molecule has 0 unspecified atom stereocenters. The van der Waals surface area contributed by atoms with Crippen molar-refractivity contribution >= 4 is 17.5 Å². The van der Waals surface area contributed by atoms with Crippen LogP contribution in [0.25, 0.3) is 0 Å². The summed E-state index contributed by atoms with van der Waals surface area (Å²) in [7, 11) is 0. The first-order valence-electron chi connectivity index (χ1n) is 9.53. The quantitative estimate of drug-likeness (QED) is 0.673. The molecule has 0 spiro atoms. The van der Waals surface area contributed by atoms with E-state index in [1.807, 2.05) is 59.3 Å². The molecule has 144 valence electrons. The van der Waals surface area contributed by atoms with Gasteiger partial charge in [-0.15, -0.1) is 0 Å². The van der Waals surface area contributed by atoms with E-state index in [0.717, 1.165) is 42.1 Å². The molecule has 1 amide bonds. The van der Waals surface area contributed by atoms with Crippen LogP contribution in [0.15, 0.2) is 60.7 Å². The Kier molecular flexibility index (Phi) is 5.74. The van der Waals surface area contributed by atoms with Gasteiger partial charge in [-0.2, -0.15) is 5.10 Å². The lowest BCUT2D eigenvalue weighted by molar-refractivity contribution is -0.121. The molecule has 3 aromatic rings. The summed E-state index contributed by atoms with van der Waals surface area (Å²) in [6.45, 7) is 3.05. The molecule has 1 aliphatic rings. The molecule has 0 fully saturated rings. The number of nitrogens with one attached hydrogen (secondary N) is 2. The van der Waals surface area contributed by atoms with Gasteiger partial charge < -0.3 is 10.6 Å². The van der Waals surface area contributed by atoms with Gasteiger partial charge in [-0.1, -0.05) is 60.1 Å². The summed E-state index contributed by atoms with van der Waals surface area (Å²) in [4.78, 5) is 12.7. The van der Waals surface area contributed by atoms with Crippen molar-refractivity contribution in [1.82, 2.24) is 20.4 Å². The molecule has 5 nitrogen and oxygen atoms in total. The molecule has 2 N–H and O–H groups in total. The Balaban J connectivity index is 1.46. The van der Waals surface area contributed by atoms with Gasteiger partial charge in [0, 0.05) is 30.5 Å². The van der Waals surface area contributed by atoms with Gasteiger partial charge >= 0.3 is 0 Å². The smallest absolute Gasteiger partial charge is 0.221 e. The predicted molar refractivity (Wildman–Crippen MR) is 110 cm³/mol. The summed E-state index contributed by atoms with van der Waals surface area (Å²) < 4.78 is 2.01. The maximum atomic E-state index is 12.7. The largest absolute Gasteiger partial charge is 0.350 e. The van der Waals surface area contributed by atoms with E-state index in [1.54, 1.807) is 0 Å². The number of carbonyl (C=O) groups is 1. The average Bonchev–Trinajstić information content (AvgIpc) is 3.15. The predicted octanol–water partition coefficient (Wildman–Crippen LogP) is 3.48. The molecule has 0 saturated heterocycles. The molecular weight excluding hydrogens is 372 g/mol. The number of fused-ring (bicyclic) bond motifs is 1. The fourth-order valence-corrected chi connectivity index (χ4v) is 3.90. The molecule has 1 atom stereocenters. The Labute approximate surface area is 169 Å². The third-order valence-corrected chi connectivity index (χ3v) is 5.40. The summed E-state index contributed by atoms with van der Waals surface area (Å²) >= 11 is 6.43. The van der Waals surface area contributed by atoms with E-state index < -0.39 is 0 Å². The highest BCUT2D eigenvalue weighted by molar-refractivity contribution is 6.31. The third-order valence-electron chi connectivity index (χ3n) is 5.06. The van der Waals surface area contributed by atoms with E-state index in [9.17, 15) is 4.79 Å². The van der Waals surface area contributed by atoms with Crippen LogP contribution in [0.2, 0.25) is 5.02 Å². The first kappa shape index (κ1) is 18.7. The molecule has 0 aliphatic carbocycles. The number of carbonyl (C=O) groups excluding carboxylic acids is 1. The summed E-state index contributed by atoms with van der Waals surface area (Å²) in [5, 5.41) is 11.6. The molecule has 1 aliphatic heterocycles. The number of rotatable bonds is 6. The number of hydrogen-bond acceptors (Lipinski definition) is 3. The minimum atomic E-state index is -0.0886. The van der Waals surface area contributed by atoms with Gasteiger partial charge in [0.2, 0.25) is 5.91 Å². The molecule has 1 aromatic heterocycles. The zero-order valence-electron chi connectivity index (χ0n) is 15.6. The van der Waals surface area contributed by atoms with Crippen molar-refractivity contribution in [3.05, 3.63) is 88.2 Å². The van der Waals surface area contributed by atoms with Crippen LogP contribution in [-0.4, -0.2) is 22.2 Å². The van der Waals surface area contributed by atoms with Gasteiger partial charge in [-0.3, -0.25) is 9.48 Å². The van der Waals surface area contributed by atoms with Crippen LogP contribution < -0.4 is 10.6 Å². The van der Waals surface area contributed by atoms with Crippen molar-refractivity contribution in [2.45, 2.75) is 32.0 Å². The van der Waals surface area contributed by atoms with E-state index >= 15 is 0 Å². The fraction of sp³-hybridized carbons (Fsp3) is 0.273. The monoisotopic (exact) mass is 394 g/mol. The number of hydrogen-bond donors (Lipinski definition) is 2. The van der Waals surface area contributed by atoms with Crippen molar-refractivity contribution in [1.29, 1.82) is 0 Å². The molecular formula is C22H23ClN4O. The molecule has 2 heterocycles. The standard InChI is InChI=1S/C22H23ClN4O/c23-21-9-5-4-8-19(21)20(16-6-2-1-3-7-16)13-22(28)25-14-17-12-18-15-24-10-11-27(18)26-17/h1-9,12,20,24H,10-11,13-15H2,(H,25,28)/t20-/m0/s1. The van der Waals surface area contributed by atoms with E-state index in [0.29, 0.717) is 18.0 Å². The van der Waals surface area contributed by atoms with Crippen LogP contribution in [-0.2, 0) is 24.4 Å². The van der Waals surface area contributed by atoms with Crippen molar-refractivity contribution in [2.75, 3.05) is 6.54 Å². The second-order valence-electron chi connectivity index (χ2n) is 6.99. The number of halogens is 1. The molecule has 0 radical (unpaired) electrons. The molecule has 0 bridgehead atoms. The van der Waals surface area contributed by atoms with Gasteiger partial charge in [-0.25, -0.2) is 0 Å². The number of nitrogens with zero attached hydrogens (tertiary/aromatic N) is 2. The number of aromatic nitrogens is 2. The SMILES string of the molecule is O=C(C[C@@H](c1ccccc1)c1ccccc1Cl)NCc1cc2n(n1)CCNC2. The van der Waals surface area contributed by atoms with Gasteiger partial charge in [-0.05, 0) is 23.3 Å². The van der Waals surface area contributed by atoms with Gasteiger partial charge in [0.25, 0.3) is 0 Å². The first-order valence-corrected chi connectivity index (χ1v) is 9.91. The van der Waals surface area contributed by atoms with Crippen LogP contribution in [0, 0.1) is 0 Å². The lowest BCUT2D eigenvalue weighted by Crippen LogP contribution is -2.28. The number of amides is 1. The third kappa shape index (κ3) is 4.26. The highest BCUT2D eigenvalue weighted by atomic mass is 35.5. The highest BCUT2D eigenvalue weighted by Gasteiger charge is 2.20. The Morgan fingerprint density at radius 1 is 1.18 bits per heavy atom. The van der Waals surface area contributed by atoms with E-state index in [4.69, 9.17) is 11.6 Å². The maximum Gasteiger partial charge on any atom is 0.221 e. The van der Waals surface area contributed by atoms with Crippen molar-refractivity contribution < 1.29 is 4.79 Å². The van der Waals surface area contributed by atoms with Crippen LogP contribution >= 0.6 is 11.6 Å². The Morgan fingerprint density at radius 3 is 2.75 bits per heavy atom. The molecule has 2 aromatic carbocycles. The summed E-state index contributed by atoms with van der Waals surface area (Å²) in [5.41, 5.74) is 4.10. The van der Waals surface area contributed by atoms with E-state index in [2.05, 4.69) is 21.8 Å². The van der Waals surface area contributed by atoms with E-state index in [-0.39, 0.29) is 11.8 Å². The van der Waals surface area contributed by atoms with Gasteiger partial charge in [0.1, 0.15) is 0 Å². The summed E-state index contributed by atoms with van der Waals surface area (Å²) in [5.74, 6) is -0.104. The van der Waals surface area contributed by atoms with Crippen molar-refractivity contribution in [3.8, 4) is 0 Å². The second-order valence-corrected chi connectivity index (χ2v) is 7.40. The zero-order valence-corrected chi connectivity index (χ0v) is 16.3. The minimum Gasteiger partial charge on any atom is -0.350 e. The zero-order chi connectivity index (χ0) is 19.3. The summed E-state index contributed by atoms with van der Waals surface area (Å²) in [6, 6.07) is 19.8. The van der Waals surface area contributed by atoms with Crippen LogP contribution in [0.5, 0.6) is 0 Å². The lowest BCUT2D eigenvalue weighted by atomic mass is 9.88. The van der Waals surface area contributed by atoms with Crippen LogP contribution in [0.4, 0.5) is 0 Å².